The number of hydrogen-bond donors (Lipinski definition) is 1. The van der Waals surface area contributed by atoms with Crippen molar-refractivity contribution < 1.29 is 23.8 Å². The van der Waals surface area contributed by atoms with Crippen LogP contribution < -0.4 is 14.8 Å². The van der Waals surface area contributed by atoms with Crippen molar-refractivity contribution in [3.05, 3.63) is 52.0 Å². The molecule has 1 aliphatic rings. The molecule has 0 atom stereocenters. The number of carbonyl (C=O) groups excluding carboxylic acids is 2. The Morgan fingerprint density at radius 1 is 1.17 bits per heavy atom. The third-order valence-electron chi connectivity index (χ3n) is 3.41. The van der Waals surface area contributed by atoms with E-state index in [1.54, 1.807) is 18.2 Å². The molecule has 0 saturated heterocycles. The van der Waals surface area contributed by atoms with E-state index in [1.807, 2.05) is 19.1 Å². The molecule has 0 saturated carbocycles. The van der Waals surface area contributed by atoms with Crippen LogP contribution in [0.2, 0.25) is 0 Å². The topological polar surface area (TPSA) is 73.9 Å². The first kappa shape index (κ1) is 16.3. The van der Waals surface area contributed by atoms with Crippen molar-refractivity contribution >= 4 is 33.5 Å². The van der Waals surface area contributed by atoms with Gasteiger partial charge in [-0.15, -0.1) is 0 Å². The van der Waals surface area contributed by atoms with E-state index in [2.05, 4.69) is 21.2 Å². The number of halogens is 1. The molecule has 0 bridgehead atoms. The summed E-state index contributed by atoms with van der Waals surface area (Å²) < 4.78 is 16.3. The maximum atomic E-state index is 12.0. The predicted octanol–water partition coefficient (Wildman–Crippen LogP) is 3.28. The van der Waals surface area contributed by atoms with E-state index in [4.69, 9.17) is 14.2 Å². The van der Waals surface area contributed by atoms with Gasteiger partial charge < -0.3 is 19.5 Å². The second-order valence-electron chi connectivity index (χ2n) is 5.15. The van der Waals surface area contributed by atoms with E-state index < -0.39 is 11.9 Å². The van der Waals surface area contributed by atoms with Crippen LogP contribution >= 0.6 is 15.9 Å². The molecule has 1 heterocycles. The predicted molar refractivity (Wildman–Crippen MR) is 90.4 cm³/mol. The minimum absolute atomic E-state index is 0.128. The maximum absolute atomic E-state index is 12.0. The Kier molecular flexibility index (Phi) is 4.71. The second-order valence-corrected chi connectivity index (χ2v) is 6.07. The van der Waals surface area contributed by atoms with Gasteiger partial charge in [0.15, 0.2) is 18.1 Å². The smallest absolute Gasteiger partial charge is 0.338 e. The van der Waals surface area contributed by atoms with Crippen molar-refractivity contribution in [1.82, 2.24) is 0 Å². The highest BCUT2D eigenvalue weighted by Gasteiger charge is 2.17. The van der Waals surface area contributed by atoms with Crippen molar-refractivity contribution in [2.45, 2.75) is 6.92 Å². The van der Waals surface area contributed by atoms with Gasteiger partial charge in [-0.2, -0.15) is 0 Å². The zero-order valence-corrected chi connectivity index (χ0v) is 14.4. The number of nitrogens with one attached hydrogen (secondary N) is 1. The number of carbonyl (C=O) groups is 2. The molecule has 124 valence electrons. The molecular formula is C17H14BrNO5. The highest BCUT2D eigenvalue weighted by atomic mass is 79.9. The van der Waals surface area contributed by atoms with Crippen molar-refractivity contribution in [3.63, 3.8) is 0 Å². The van der Waals surface area contributed by atoms with Gasteiger partial charge in [-0.05, 0) is 48.9 Å². The molecule has 24 heavy (non-hydrogen) atoms. The molecular weight excluding hydrogens is 378 g/mol. The van der Waals surface area contributed by atoms with Crippen LogP contribution in [0.3, 0.4) is 0 Å². The molecule has 0 radical (unpaired) electrons. The number of aryl methyl sites for hydroxylation is 1. The fourth-order valence-corrected chi connectivity index (χ4v) is 2.67. The number of esters is 1. The lowest BCUT2D eigenvalue weighted by molar-refractivity contribution is -0.119. The quantitative estimate of drug-likeness (QED) is 0.809. The monoisotopic (exact) mass is 391 g/mol. The largest absolute Gasteiger partial charge is 0.454 e. The summed E-state index contributed by atoms with van der Waals surface area (Å²) in [6.45, 7) is 1.63. The van der Waals surface area contributed by atoms with Crippen LogP contribution in [-0.2, 0) is 9.53 Å². The minimum atomic E-state index is -0.601. The van der Waals surface area contributed by atoms with Gasteiger partial charge in [0.05, 0.1) is 5.56 Å². The summed E-state index contributed by atoms with van der Waals surface area (Å²) in [6, 6.07) is 10.2. The first-order valence-electron chi connectivity index (χ1n) is 7.16. The summed E-state index contributed by atoms with van der Waals surface area (Å²) in [4.78, 5) is 23.9. The van der Waals surface area contributed by atoms with Gasteiger partial charge in [0.2, 0.25) is 6.79 Å². The minimum Gasteiger partial charge on any atom is -0.454 e. The van der Waals surface area contributed by atoms with E-state index in [-0.39, 0.29) is 13.4 Å². The lowest BCUT2D eigenvalue weighted by atomic mass is 10.2. The van der Waals surface area contributed by atoms with Gasteiger partial charge in [-0.25, -0.2) is 4.79 Å². The molecule has 0 aliphatic carbocycles. The third kappa shape index (κ3) is 3.68. The van der Waals surface area contributed by atoms with Crippen molar-refractivity contribution in [3.8, 4) is 11.5 Å². The van der Waals surface area contributed by atoms with E-state index in [0.29, 0.717) is 22.7 Å². The highest BCUT2D eigenvalue weighted by Crippen LogP contribution is 2.32. The standard InChI is InChI=1S/C17H14BrNO5/c1-10-6-12(18)3-4-13(10)19-16(20)8-22-17(21)11-2-5-14-15(7-11)24-9-23-14/h2-7H,8-9H2,1H3,(H,19,20). The average Bonchev–Trinajstić information content (AvgIpc) is 3.03. The summed E-state index contributed by atoms with van der Waals surface area (Å²) in [5.41, 5.74) is 1.87. The van der Waals surface area contributed by atoms with Crippen LogP contribution in [0.25, 0.3) is 0 Å². The Morgan fingerprint density at radius 2 is 1.96 bits per heavy atom. The summed E-state index contributed by atoms with van der Waals surface area (Å²) in [5.74, 6) is 0.0555. The number of rotatable bonds is 4. The second kappa shape index (κ2) is 6.92. The number of benzene rings is 2. The van der Waals surface area contributed by atoms with E-state index >= 15 is 0 Å². The van der Waals surface area contributed by atoms with Crippen LogP contribution in [0.4, 0.5) is 5.69 Å². The summed E-state index contributed by atoms with van der Waals surface area (Å²) in [6.07, 6.45) is 0. The van der Waals surface area contributed by atoms with Crippen LogP contribution in [0.1, 0.15) is 15.9 Å². The molecule has 1 N–H and O–H groups in total. The average molecular weight is 392 g/mol. The third-order valence-corrected chi connectivity index (χ3v) is 3.90. The van der Waals surface area contributed by atoms with Gasteiger partial charge in [-0.1, -0.05) is 15.9 Å². The van der Waals surface area contributed by atoms with Crippen LogP contribution in [0, 0.1) is 6.92 Å². The van der Waals surface area contributed by atoms with E-state index in [9.17, 15) is 9.59 Å². The summed E-state index contributed by atoms with van der Waals surface area (Å²) in [7, 11) is 0. The molecule has 2 aromatic carbocycles. The molecule has 2 aromatic rings. The molecule has 1 aliphatic heterocycles. The normalized spacial score (nSPS) is 11.9. The number of anilines is 1. The van der Waals surface area contributed by atoms with Crippen molar-refractivity contribution in [1.29, 1.82) is 0 Å². The molecule has 1 amide bonds. The first-order chi connectivity index (χ1) is 11.5. The van der Waals surface area contributed by atoms with Gasteiger partial charge >= 0.3 is 5.97 Å². The Morgan fingerprint density at radius 3 is 2.75 bits per heavy atom. The molecule has 7 heteroatoms. The fourth-order valence-electron chi connectivity index (χ4n) is 2.19. The molecule has 0 spiro atoms. The number of ether oxygens (including phenoxy) is 3. The SMILES string of the molecule is Cc1cc(Br)ccc1NC(=O)COC(=O)c1ccc2c(c1)OCO2. The fraction of sp³-hybridized carbons (Fsp3) is 0.176. The summed E-state index contributed by atoms with van der Waals surface area (Å²) in [5, 5.41) is 2.70. The van der Waals surface area contributed by atoms with Gasteiger partial charge in [-0.3, -0.25) is 4.79 Å². The van der Waals surface area contributed by atoms with Gasteiger partial charge in [0.1, 0.15) is 0 Å². The Labute approximate surface area is 146 Å². The molecule has 0 unspecified atom stereocenters. The lowest BCUT2D eigenvalue weighted by Gasteiger charge is -2.09. The van der Waals surface area contributed by atoms with Crippen LogP contribution in [-0.4, -0.2) is 25.3 Å². The zero-order chi connectivity index (χ0) is 17.1. The Bertz CT molecular complexity index is 806. The van der Waals surface area contributed by atoms with Crippen LogP contribution in [0.15, 0.2) is 40.9 Å². The van der Waals surface area contributed by atoms with E-state index in [0.717, 1.165) is 10.0 Å². The molecule has 6 nitrogen and oxygen atoms in total. The lowest BCUT2D eigenvalue weighted by Crippen LogP contribution is -2.21. The number of hydrogen-bond acceptors (Lipinski definition) is 5. The Balaban J connectivity index is 1.57. The van der Waals surface area contributed by atoms with Crippen molar-refractivity contribution in [2.24, 2.45) is 0 Å². The molecule has 0 aromatic heterocycles. The maximum Gasteiger partial charge on any atom is 0.338 e. The Hall–Kier alpha value is -2.54. The first-order valence-corrected chi connectivity index (χ1v) is 7.95. The summed E-state index contributed by atoms with van der Waals surface area (Å²) >= 11 is 3.36. The van der Waals surface area contributed by atoms with Gasteiger partial charge in [0.25, 0.3) is 5.91 Å². The number of amides is 1. The number of fused-ring (bicyclic) bond motifs is 1. The van der Waals surface area contributed by atoms with Gasteiger partial charge in [0, 0.05) is 10.2 Å². The zero-order valence-electron chi connectivity index (χ0n) is 12.8. The highest BCUT2D eigenvalue weighted by molar-refractivity contribution is 9.10. The van der Waals surface area contributed by atoms with E-state index in [1.165, 1.54) is 6.07 Å². The van der Waals surface area contributed by atoms with Crippen molar-refractivity contribution in [2.75, 3.05) is 18.7 Å². The molecule has 0 fully saturated rings. The van der Waals surface area contributed by atoms with Crippen LogP contribution in [0.5, 0.6) is 11.5 Å². The molecule has 3 rings (SSSR count).